The number of anilines is 1. The standard InChI is InChI=1S/C17H15FN2O4/c1-10(21)24-16-15(14-13(18)4-3-9-19-14)20(17(16)22)11-5-7-12(23-2)8-6-11/h3-9,15-16H,1-2H3/t15-,16+/m0/s1. The summed E-state index contributed by atoms with van der Waals surface area (Å²) in [7, 11) is 1.53. The fourth-order valence-electron chi connectivity index (χ4n) is 2.67. The Morgan fingerprint density at radius 2 is 1.96 bits per heavy atom. The van der Waals surface area contributed by atoms with E-state index in [-0.39, 0.29) is 5.69 Å². The molecule has 6 nitrogen and oxygen atoms in total. The van der Waals surface area contributed by atoms with E-state index in [4.69, 9.17) is 9.47 Å². The van der Waals surface area contributed by atoms with Crippen molar-refractivity contribution in [3.63, 3.8) is 0 Å². The van der Waals surface area contributed by atoms with E-state index in [9.17, 15) is 14.0 Å². The Morgan fingerprint density at radius 3 is 2.54 bits per heavy atom. The van der Waals surface area contributed by atoms with Crippen LogP contribution in [0.25, 0.3) is 0 Å². The summed E-state index contributed by atoms with van der Waals surface area (Å²) in [5.41, 5.74) is 0.596. The van der Waals surface area contributed by atoms with Gasteiger partial charge in [0.15, 0.2) is 0 Å². The van der Waals surface area contributed by atoms with E-state index in [0.29, 0.717) is 11.4 Å². The van der Waals surface area contributed by atoms with Crippen LogP contribution in [0, 0.1) is 5.82 Å². The molecule has 2 atom stereocenters. The van der Waals surface area contributed by atoms with Crippen molar-refractivity contribution in [2.24, 2.45) is 0 Å². The van der Waals surface area contributed by atoms with Gasteiger partial charge in [-0.05, 0) is 36.4 Å². The number of ether oxygens (including phenoxy) is 2. The number of amides is 1. The molecule has 1 fully saturated rings. The van der Waals surface area contributed by atoms with Crippen LogP contribution < -0.4 is 9.64 Å². The van der Waals surface area contributed by atoms with Crippen molar-refractivity contribution in [2.45, 2.75) is 19.1 Å². The quantitative estimate of drug-likeness (QED) is 0.635. The Kier molecular flexibility index (Phi) is 4.16. The van der Waals surface area contributed by atoms with Crippen molar-refractivity contribution in [1.29, 1.82) is 0 Å². The van der Waals surface area contributed by atoms with Gasteiger partial charge in [-0.1, -0.05) is 0 Å². The minimum absolute atomic E-state index is 0.0548. The van der Waals surface area contributed by atoms with Crippen molar-refractivity contribution in [2.75, 3.05) is 12.0 Å². The van der Waals surface area contributed by atoms with Crippen molar-refractivity contribution in [3.8, 4) is 5.75 Å². The molecular weight excluding hydrogens is 315 g/mol. The van der Waals surface area contributed by atoms with Crippen LogP contribution in [-0.2, 0) is 14.3 Å². The number of pyridine rings is 1. The minimum Gasteiger partial charge on any atom is -0.497 e. The van der Waals surface area contributed by atoms with Gasteiger partial charge in [-0.2, -0.15) is 0 Å². The Hall–Kier alpha value is -2.96. The number of β-lactam (4-membered cyclic amide) rings is 1. The van der Waals surface area contributed by atoms with Gasteiger partial charge in [0, 0.05) is 18.8 Å². The predicted octanol–water partition coefficient (Wildman–Crippen LogP) is 2.25. The number of rotatable bonds is 4. The molecule has 1 saturated heterocycles. The molecule has 0 unspecified atom stereocenters. The molecule has 7 heteroatoms. The summed E-state index contributed by atoms with van der Waals surface area (Å²) in [6, 6.07) is 8.63. The van der Waals surface area contributed by atoms with Gasteiger partial charge < -0.3 is 9.47 Å². The van der Waals surface area contributed by atoms with Crippen LogP contribution >= 0.6 is 0 Å². The highest BCUT2D eigenvalue weighted by Crippen LogP contribution is 2.41. The minimum atomic E-state index is -1.09. The van der Waals surface area contributed by atoms with Gasteiger partial charge >= 0.3 is 5.97 Å². The average molecular weight is 330 g/mol. The second-order valence-electron chi connectivity index (χ2n) is 5.25. The first-order valence-electron chi connectivity index (χ1n) is 7.27. The molecule has 2 heterocycles. The Labute approximate surface area is 137 Å². The maximum atomic E-state index is 14.1. The molecule has 0 spiro atoms. The molecule has 1 aliphatic heterocycles. The molecule has 1 aromatic carbocycles. The number of halogens is 1. The molecule has 0 radical (unpaired) electrons. The maximum absolute atomic E-state index is 14.1. The second-order valence-corrected chi connectivity index (χ2v) is 5.25. The van der Waals surface area contributed by atoms with Gasteiger partial charge in [-0.25, -0.2) is 4.39 Å². The summed E-state index contributed by atoms with van der Waals surface area (Å²) in [5, 5.41) is 0. The van der Waals surface area contributed by atoms with E-state index in [1.807, 2.05) is 0 Å². The molecule has 124 valence electrons. The summed E-state index contributed by atoms with van der Waals surface area (Å²) in [6.07, 6.45) is 0.340. The number of hydrogen-bond donors (Lipinski definition) is 0. The zero-order chi connectivity index (χ0) is 17.3. The van der Waals surface area contributed by atoms with E-state index < -0.39 is 29.8 Å². The SMILES string of the molecule is COc1ccc(N2C(=O)[C@H](OC(C)=O)[C@@H]2c2ncccc2F)cc1. The topological polar surface area (TPSA) is 68.7 Å². The molecule has 1 aliphatic rings. The first kappa shape index (κ1) is 15.9. The predicted molar refractivity (Wildman–Crippen MR) is 83.0 cm³/mol. The summed E-state index contributed by atoms with van der Waals surface area (Å²) in [4.78, 5) is 29.0. The lowest BCUT2D eigenvalue weighted by Crippen LogP contribution is -2.61. The molecule has 2 aromatic rings. The van der Waals surface area contributed by atoms with Crippen LogP contribution in [-0.4, -0.2) is 30.1 Å². The van der Waals surface area contributed by atoms with Crippen LogP contribution in [0.1, 0.15) is 18.7 Å². The third-order valence-electron chi connectivity index (χ3n) is 3.76. The third kappa shape index (κ3) is 2.68. The largest absolute Gasteiger partial charge is 0.497 e. The average Bonchev–Trinajstić information content (AvgIpc) is 2.58. The second kappa shape index (κ2) is 6.27. The van der Waals surface area contributed by atoms with E-state index >= 15 is 0 Å². The molecule has 24 heavy (non-hydrogen) atoms. The third-order valence-corrected chi connectivity index (χ3v) is 3.76. The first-order chi connectivity index (χ1) is 11.5. The van der Waals surface area contributed by atoms with Crippen LogP contribution in [0.3, 0.4) is 0 Å². The first-order valence-corrected chi connectivity index (χ1v) is 7.27. The normalized spacial score (nSPS) is 19.6. The van der Waals surface area contributed by atoms with E-state index in [0.717, 1.165) is 0 Å². The molecule has 0 bridgehead atoms. The number of nitrogens with zero attached hydrogens (tertiary/aromatic N) is 2. The highest BCUT2D eigenvalue weighted by molar-refractivity contribution is 6.05. The van der Waals surface area contributed by atoms with Crippen molar-refractivity contribution >= 4 is 17.6 Å². The number of carbonyl (C=O) groups excluding carboxylic acids is 2. The van der Waals surface area contributed by atoms with E-state index in [1.165, 1.54) is 37.3 Å². The lowest BCUT2D eigenvalue weighted by Gasteiger charge is -2.45. The molecule has 0 aliphatic carbocycles. The van der Waals surface area contributed by atoms with Crippen molar-refractivity contribution in [3.05, 3.63) is 54.1 Å². The Balaban J connectivity index is 1.99. The molecule has 0 saturated carbocycles. The maximum Gasteiger partial charge on any atom is 0.303 e. The number of benzene rings is 1. The van der Waals surface area contributed by atoms with Crippen molar-refractivity contribution < 1.29 is 23.5 Å². The van der Waals surface area contributed by atoms with Crippen molar-refractivity contribution in [1.82, 2.24) is 4.98 Å². The monoisotopic (exact) mass is 330 g/mol. The lowest BCUT2D eigenvalue weighted by atomic mass is 9.92. The zero-order valence-corrected chi connectivity index (χ0v) is 13.1. The van der Waals surface area contributed by atoms with E-state index in [1.54, 1.807) is 24.3 Å². The summed E-state index contributed by atoms with van der Waals surface area (Å²) in [6.45, 7) is 1.20. The van der Waals surface area contributed by atoms with Gasteiger partial charge in [0.05, 0.1) is 7.11 Å². The van der Waals surface area contributed by atoms with Gasteiger partial charge in [0.25, 0.3) is 5.91 Å². The van der Waals surface area contributed by atoms with Gasteiger partial charge in [0.1, 0.15) is 23.3 Å². The smallest absolute Gasteiger partial charge is 0.303 e. The number of aromatic nitrogens is 1. The molecule has 1 amide bonds. The Morgan fingerprint density at radius 1 is 1.25 bits per heavy atom. The van der Waals surface area contributed by atoms with Crippen LogP contribution in [0.4, 0.5) is 10.1 Å². The molecule has 3 rings (SSSR count). The van der Waals surface area contributed by atoms with Gasteiger partial charge in [0.2, 0.25) is 6.10 Å². The fraction of sp³-hybridized carbons (Fsp3) is 0.235. The Bertz CT molecular complexity index is 778. The highest BCUT2D eigenvalue weighted by Gasteiger charge is 2.53. The molecule has 1 aromatic heterocycles. The zero-order valence-electron chi connectivity index (χ0n) is 13.1. The molecule has 0 N–H and O–H groups in total. The van der Waals surface area contributed by atoms with Gasteiger partial charge in [-0.3, -0.25) is 19.5 Å². The highest BCUT2D eigenvalue weighted by atomic mass is 19.1. The van der Waals surface area contributed by atoms with Crippen LogP contribution in [0.15, 0.2) is 42.6 Å². The summed E-state index contributed by atoms with van der Waals surface area (Å²) < 4.78 is 24.3. The summed E-state index contributed by atoms with van der Waals surface area (Å²) >= 11 is 0. The van der Waals surface area contributed by atoms with Crippen LogP contribution in [0.2, 0.25) is 0 Å². The molecular formula is C17H15FN2O4. The van der Waals surface area contributed by atoms with Crippen LogP contribution in [0.5, 0.6) is 5.75 Å². The summed E-state index contributed by atoms with van der Waals surface area (Å²) in [5.74, 6) is -0.969. The number of esters is 1. The fourth-order valence-corrected chi connectivity index (χ4v) is 2.67. The number of hydrogen-bond acceptors (Lipinski definition) is 5. The number of methoxy groups -OCH3 is 1. The van der Waals surface area contributed by atoms with Gasteiger partial charge in [-0.15, -0.1) is 0 Å². The lowest BCUT2D eigenvalue weighted by molar-refractivity contribution is -0.161. The number of carbonyl (C=O) groups is 2. The van der Waals surface area contributed by atoms with E-state index in [2.05, 4.69) is 4.98 Å².